The van der Waals surface area contributed by atoms with Crippen molar-refractivity contribution in [1.29, 1.82) is 5.26 Å². The standard InChI is InChI=1S/C34H30IN3O7S/c1-5-43-26-12-11-22(14-27(26)44-6-2)30-25(33(40)42-4)18-37-34-38(30)32(39)29(46-34)15-23-13-24(35)16-28(41-3)31(23)45-19-21-9-7-20(17-36)8-10-21/h7-16,18,30H,5-6,19H2,1-4H3/b29-15+/t30-/m0/s1. The van der Waals surface area contributed by atoms with E-state index in [0.717, 1.165) is 9.13 Å². The summed E-state index contributed by atoms with van der Waals surface area (Å²) in [6.07, 6.45) is 3.19. The van der Waals surface area contributed by atoms with Crippen LogP contribution < -0.4 is 33.8 Å². The molecule has 1 atom stereocenters. The molecule has 0 N–H and O–H groups in total. The fourth-order valence-corrected chi connectivity index (χ4v) is 6.54. The van der Waals surface area contributed by atoms with Gasteiger partial charge in [-0.3, -0.25) is 9.36 Å². The lowest BCUT2D eigenvalue weighted by Crippen LogP contribution is -2.39. The summed E-state index contributed by atoms with van der Waals surface area (Å²) >= 11 is 3.38. The van der Waals surface area contributed by atoms with Crippen molar-refractivity contribution in [2.24, 2.45) is 4.99 Å². The molecule has 0 bridgehead atoms. The zero-order chi connectivity index (χ0) is 32.8. The number of hydrogen-bond donors (Lipinski definition) is 0. The first kappa shape index (κ1) is 32.8. The molecule has 10 nitrogen and oxygen atoms in total. The summed E-state index contributed by atoms with van der Waals surface area (Å²) in [6.45, 7) is 4.82. The SMILES string of the molecule is CCOc1ccc([C@H]2C(C(=O)OC)=CN=c3s/c(=C/c4cc(I)cc(OC)c4OCc4ccc(C#N)cc4)c(=O)n32)cc1OCC. The molecule has 0 unspecified atom stereocenters. The van der Waals surface area contributed by atoms with Crippen LogP contribution in [0.15, 0.2) is 76.2 Å². The highest BCUT2D eigenvalue weighted by Gasteiger charge is 2.31. The van der Waals surface area contributed by atoms with E-state index in [1.165, 1.54) is 29.2 Å². The van der Waals surface area contributed by atoms with Crippen LogP contribution in [0.4, 0.5) is 0 Å². The number of thiazole rings is 1. The van der Waals surface area contributed by atoms with Gasteiger partial charge in [-0.1, -0.05) is 29.5 Å². The minimum atomic E-state index is -0.821. The molecule has 0 spiro atoms. The van der Waals surface area contributed by atoms with E-state index in [2.05, 4.69) is 33.7 Å². The summed E-state index contributed by atoms with van der Waals surface area (Å²) in [5.41, 5.74) is 2.54. The molecular weight excluding hydrogens is 721 g/mol. The van der Waals surface area contributed by atoms with E-state index in [-0.39, 0.29) is 17.7 Å². The van der Waals surface area contributed by atoms with Crippen LogP contribution in [-0.2, 0) is 16.1 Å². The lowest BCUT2D eigenvalue weighted by molar-refractivity contribution is -0.136. The zero-order valence-corrected chi connectivity index (χ0v) is 28.5. The maximum Gasteiger partial charge on any atom is 0.337 e. The number of ether oxygens (including phenoxy) is 5. The van der Waals surface area contributed by atoms with Gasteiger partial charge in [0.2, 0.25) is 0 Å². The second-order valence-corrected chi connectivity index (χ2v) is 12.1. The first-order valence-electron chi connectivity index (χ1n) is 14.3. The number of benzene rings is 3. The number of nitrogens with zero attached hydrogens (tertiary/aromatic N) is 3. The Morgan fingerprint density at radius 1 is 1.02 bits per heavy atom. The van der Waals surface area contributed by atoms with Crippen LogP contribution in [0.1, 0.15) is 42.1 Å². The van der Waals surface area contributed by atoms with Gasteiger partial charge in [-0.25, -0.2) is 9.79 Å². The van der Waals surface area contributed by atoms with E-state index in [1.54, 1.807) is 43.5 Å². The molecule has 1 aliphatic heterocycles. The average molecular weight is 752 g/mol. The van der Waals surface area contributed by atoms with Crippen LogP contribution >= 0.6 is 33.9 Å². The molecule has 0 saturated heterocycles. The highest BCUT2D eigenvalue weighted by molar-refractivity contribution is 14.1. The number of rotatable bonds is 11. The number of nitriles is 1. The van der Waals surface area contributed by atoms with E-state index in [0.29, 0.717) is 62.2 Å². The topological polar surface area (TPSA) is 121 Å². The minimum absolute atomic E-state index is 0.204. The van der Waals surface area contributed by atoms with Crippen molar-refractivity contribution < 1.29 is 28.5 Å². The molecule has 5 rings (SSSR count). The minimum Gasteiger partial charge on any atom is -0.493 e. The Balaban J connectivity index is 1.63. The van der Waals surface area contributed by atoms with E-state index in [9.17, 15) is 9.59 Å². The summed E-state index contributed by atoms with van der Waals surface area (Å²) in [6, 6.07) is 17.5. The number of hydrogen-bond acceptors (Lipinski definition) is 10. The third-order valence-corrected chi connectivity index (χ3v) is 8.65. The number of carbonyl (C=O) groups is 1. The van der Waals surface area contributed by atoms with Crippen molar-refractivity contribution in [3.8, 4) is 29.1 Å². The van der Waals surface area contributed by atoms with Gasteiger partial charge >= 0.3 is 5.97 Å². The Morgan fingerprint density at radius 3 is 2.43 bits per heavy atom. The Labute approximate surface area is 282 Å². The Morgan fingerprint density at radius 2 is 1.76 bits per heavy atom. The van der Waals surface area contributed by atoms with E-state index in [1.807, 2.05) is 38.1 Å². The highest BCUT2D eigenvalue weighted by Crippen LogP contribution is 2.36. The molecule has 12 heteroatoms. The number of aromatic nitrogens is 1. The normalized spacial score (nSPS) is 14.0. The summed E-state index contributed by atoms with van der Waals surface area (Å²) in [4.78, 5) is 32.0. The molecule has 0 amide bonds. The van der Waals surface area contributed by atoms with Crippen molar-refractivity contribution in [1.82, 2.24) is 4.57 Å². The Bertz CT molecular complexity index is 2030. The van der Waals surface area contributed by atoms with Crippen LogP contribution in [0.3, 0.4) is 0 Å². The molecule has 0 aliphatic carbocycles. The van der Waals surface area contributed by atoms with Crippen LogP contribution in [0.25, 0.3) is 6.08 Å². The van der Waals surface area contributed by atoms with E-state index >= 15 is 0 Å². The van der Waals surface area contributed by atoms with Gasteiger partial charge in [-0.05, 0) is 90.0 Å². The predicted octanol–water partition coefficient (Wildman–Crippen LogP) is 4.88. The van der Waals surface area contributed by atoms with Crippen LogP contribution in [0.2, 0.25) is 0 Å². The van der Waals surface area contributed by atoms with Gasteiger partial charge in [0.1, 0.15) is 6.61 Å². The van der Waals surface area contributed by atoms with Crippen molar-refractivity contribution in [2.45, 2.75) is 26.5 Å². The smallest absolute Gasteiger partial charge is 0.337 e. The van der Waals surface area contributed by atoms with Crippen molar-refractivity contribution in [3.05, 3.63) is 112 Å². The first-order chi connectivity index (χ1) is 22.3. The fourth-order valence-electron chi connectivity index (χ4n) is 4.96. The van der Waals surface area contributed by atoms with Crippen molar-refractivity contribution in [2.75, 3.05) is 27.4 Å². The fraction of sp³-hybridized carbons (Fsp3) is 0.235. The lowest BCUT2D eigenvalue weighted by atomic mass is 9.97. The zero-order valence-electron chi connectivity index (χ0n) is 25.5. The number of carbonyl (C=O) groups excluding carboxylic acids is 1. The van der Waals surface area contributed by atoms with Gasteiger partial charge in [0.15, 0.2) is 27.8 Å². The van der Waals surface area contributed by atoms with Gasteiger partial charge in [-0.15, -0.1) is 0 Å². The first-order valence-corrected chi connectivity index (χ1v) is 16.2. The molecule has 0 saturated carbocycles. The number of halogens is 1. The Kier molecular flexibility index (Phi) is 10.4. The highest BCUT2D eigenvalue weighted by atomic mass is 127. The van der Waals surface area contributed by atoms with Gasteiger partial charge in [0, 0.05) is 15.3 Å². The maximum atomic E-state index is 14.2. The summed E-state index contributed by atoms with van der Waals surface area (Å²) in [7, 11) is 2.85. The van der Waals surface area contributed by atoms with Crippen molar-refractivity contribution in [3.63, 3.8) is 0 Å². The van der Waals surface area contributed by atoms with Crippen LogP contribution in [0, 0.1) is 14.9 Å². The average Bonchev–Trinajstić information content (AvgIpc) is 3.38. The van der Waals surface area contributed by atoms with Gasteiger partial charge in [0.25, 0.3) is 5.56 Å². The molecular formula is C34H30IN3O7S. The van der Waals surface area contributed by atoms with Gasteiger partial charge in [-0.2, -0.15) is 5.26 Å². The lowest BCUT2D eigenvalue weighted by Gasteiger charge is -2.23. The second-order valence-electron chi connectivity index (χ2n) is 9.87. The van der Waals surface area contributed by atoms with Crippen molar-refractivity contribution >= 4 is 46.0 Å². The number of methoxy groups -OCH3 is 2. The van der Waals surface area contributed by atoms with E-state index < -0.39 is 12.0 Å². The molecule has 236 valence electrons. The summed E-state index contributed by atoms with van der Waals surface area (Å²) in [5, 5.41) is 9.12. The van der Waals surface area contributed by atoms with Crippen LogP contribution in [0.5, 0.6) is 23.0 Å². The molecule has 1 aliphatic rings. The molecule has 1 aromatic heterocycles. The quantitative estimate of drug-likeness (QED) is 0.157. The molecule has 0 radical (unpaired) electrons. The summed E-state index contributed by atoms with van der Waals surface area (Å²) < 4.78 is 31.3. The van der Waals surface area contributed by atoms with E-state index in [4.69, 9.17) is 28.9 Å². The molecule has 4 aromatic rings. The largest absolute Gasteiger partial charge is 0.493 e. The predicted molar refractivity (Wildman–Crippen MR) is 181 cm³/mol. The maximum absolute atomic E-state index is 14.2. The third kappa shape index (κ3) is 6.80. The Hall–Kier alpha value is -4.61. The second kappa shape index (κ2) is 14.7. The molecule has 3 aromatic carbocycles. The monoisotopic (exact) mass is 751 g/mol. The van der Waals surface area contributed by atoms with Gasteiger partial charge < -0.3 is 23.7 Å². The summed E-state index contributed by atoms with van der Waals surface area (Å²) in [5.74, 6) is 1.42. The molecule has 2 heterocycles. The number of fused-ring (bicyclic) bond motifs is 1. The molecule has 46 heavy (non-hydrogen) atoms. The molecule has 0 fully saturated rings. The number of esters is 1. The third-order valence-electron chi connectivity index (χ3n) is 7.03. The van der Waals surface area contributed by atoms with Gasteiger partial charge in [0.05, 0.1) is 55.2 Å². The van der Waals surface area contributed by atoms with Crippen LogP contribution in [-0.4, -0.2) is 38.0 Å².